The minimum absolute atomic E-state index is 0.818. The zero-order valence-corrected chi connectivity index (χ0v) is 7.55. The summed E-state index contributed by atoms with van der Waals surface area (Å²) in [6.45, 7) is 6.77. The summed E-state index contributed by atoms with van der Waals surface area (Å²) in [5.41, 5.74) is 0. The minimum atomic E-state index is 0.818. The fourth-order valence-electron chi connectivity index (χ4n) is 2.81. The molecule has 0 N–H and O–H groups in total. The Labute approximate surface area is 69.1 Å². The van der Waals surface area contributed by atoms with E-state index in [1.54, 1.807) is 0 Å². The Morgan fingerprint density at radius 2 is 1.73 bits per heavy atom. The summed E-state index contributed by atoms with van der Waals surface area (Å²) in [5, 5.41) is 0. The van der Waals surface area contributed by atoms with Gasteiger partial charge in [0.05, 0.1) is 0 Å². The van der Waals surface area contributed by atoms with Crippen molar-refractivity contribution in [3.05, 3.63) is 0 Å². The van der Waals surface area contributed by atoms with E-state index < -0.39 is 0 Å². The second-order valence-electron chi connectivity index (χ2n) is 4.40. The highest BCUT2D eigenvalue weighted by atomic mass is 16.5. The summed E-state index contributed by atoms with van der Waals surface area (Å²) in [5.74, 6) is 3.61. The summed E-state index contributed by atoms with van der Waals surface area (Å²) < 4.78 is 5.57. The van der Waals surface area contributed by atoms with Crippen LogP contribution in [0.15, 0.2) is 0 Å². The molecule has 1 aliphatic heterocycles. The summed E-state index contributed by atoms with van der Waals surface area (Å²) in [7, 11) is 0. The Balaban J connectivity index is 2.07. The Bertz CT molecular complexity index is 142. The molecule has 4 atom stereocenters. The Morgan fingerprint density at radius 3 is 2.45 bits per heavy atom. The molecule has 11 heavy (non-hydrogen) atoms. The smallest absolute Gasteiger partial charge is 0.0499 e. The second kappa shape index (κ2) is 2.78. The first kappa shape index (κ1) is 7.60. The van der Waals surface area contributed by atoms with Gasteiger partial charge in [0.1, 0.15) is 0 Å². The molecular formula is C10H18O. The van der Waals surface area contributed by atoms with Crippen LogP contribution in [0.3, 0.4) is 0 Å². The lowest BCUT2D eigenvalue weighted by Crippen LogP contribution is -2.32. The minimum Gasteiger partial charge on any atom is -0.381 e. The highest BCUT2D eigenvalue weighted by Gasteiger charge is 2.39. The first-order chi connectivity index (χ1) is 5.29. The van der Waals surface area contributed by atoms with Crippen LogP contribution in [0, 0.1) is 23.7 Å². The zero-order chi connectivity index (χ0) is 7.84. The molecule has 0 amide bonds. The topological polar surface area (TPSA) is 9.23 Å². The van der Waals surface area contributed by atoms with Gasteiger partial charge in [-0.1, -0.05) is 20.3 Å². The van der Waals surface area contributed by atoms with Crippen LogP contribution in [0.1, 0.15) is 26.7 Å². The van der Waals surface area contributed by atoms with Crippen molar-refractivity contribution < 1.29 is 4.74 Å². The molecule has 0 aromatic heterocycles. The Kier molecular flexibility index (Phi) is 1.92. The zero-order valence-electron chi connectivity index (χ0n) is 7.55. The monoisotopic (exact) mass is 154 g/mol. The van der Waals surface area contributed by atoms with E-state index in [9.17, 15) is 0 Å². The number of hydrogen-bond donors (Lipinski definition) is 0. The van der Waals surface area contributed by atoms with Gasteiger partial charge in [0.2, 0.25) is 0 Å². The molecule has 0 unspecified atom stereocenters. The van der Waals surface area contributed by atoms with Crippen molar-refractivity contribution in [2.45, 2.75) is 26.7 Å². The first-order valence-electron chi connectivity index (χ1n) is 4.87. The van der Waals surface area contributed by atoms with Gasteiger partial charge in [0.25, 0.3) is 0 Å². The van der Waals surface area contributed by atoms with Gasteiger partial charge in [-0.05, 0) is 30.1 Å². The van der Waals surface area contributed by atoms with E-state index in [0.717, 1.165) is 36.9 Å². The van der Waals surface area contributed by atoms with Crippen molar-refractivity contribution in [3.8, 4) is 0 Å². The van der Waals surface area contributed by atoms with Crippen LogP contribution in [-0.2, 0) is 4.74 Å². The quantitative estimate of drug-likeness (QED) is 0.520. The molecule has 1 aliphatic carbocycles. The van der Waals surface area contributed by atoms with Gasteiger partial charge in [-0.2, -0.15) is 0 Å². The second-order valence-corrected chi connectivity index (χ2v) is 4.40. The van der Waals surface area contributed by atoms with Gasteiger partial charge in [-0.3, -0.25) is 0 Å². The lowest BCUT2D eigenvalue weighted by Gasteiger charge is -2.33. The van der Waals surface area contributed by atoms with Crippen molar-refractivity contribution in [2.24, 2.45) is 23.7 Å². The lowest BCUT2D eigenvalue weighted by atomic mass is 9.81. The highest BCUT2D eigenvalue weighted by molar-refractivity contribution is 4.87. The Hall–Kier alpha value is -0.0400. The first-order valence-corrected chi connectivity index (χ1v) is 4.87. The number of rotatable bonds is 0. The molecular weight excluding hydrogens is 136 g/mol. The van der Waals surface area contributed by atoms with Crippen molar-refractivity contribution in [1.29, 1.82) is 0 Å². The maximum Gasteiger partial charge on any atom is 0.0499 e. The molecule has 1 heteroatoms. The largest absolute Gasteiger partial charge is 0.381 e. The molecule has 1 saturated carbocycles. The third-order valence-corrected chi connectivity index (χ3v) is 3.66. The van der Waals surface area contributed by atoms with Gasteiger partial charge in [-0.25, -0.2) is 0 Å². The van der Waals surface area contributed by atoms with Crippen LogP contribution in [0.2, 0.25) is 0 Å². The third-order valence-electron chi connectivity index (χ3n) is 3.66. The number of ether oxygens (including phenoxy) is 1. The lowest BCUT2D eigenvalue weighted by molar-refractivity contribution is -0.0200. The number of fused-ring (bicyclic) bond motifs is 1. The Morgan fingerprint density at radius 1 is 0.909 bits per heavy atom. The van der Waals surface area contributed by atoms with E-state index in [-0.39, 0.29) is 0 Å². The van der Waals surface area contributed by atoms with Crippen molar-refractivity contribution >= 4 is 0 Å². The van der Waals surface area contributed by atoms with E-state index >= 15 is 0 Å². The van der Waals surface area contributed by atoms with Gasteiger partial charge >= 0.3 is 0 Å². The highest BCUT2D eigenvalue weighted by Crippen LogP contribution is 2.43. The molecule has 0 radical (unpaired) electrons. The summed E-state index contributed by atoms with van der Waals surface area (Å²) in [4.78, 5) is 0. The molecule has 1 saturated heterocycles. The maximum atomic E-state index is 5.57. The molecule has 0 bridgehead atoms. The molecule has 1 heterocycles. The molecule has 0 aromatic rings. The fraction of sp³-hybridized carbons (Fsp3) is 1.00. The predicted molar refractivity (Wildman–Crippen MR) is 45.4 cm³/mol. The molecule has 1 nitrogen and oxygen atoms in total. The van der Waals surface area contributed by atoms with Crippen molar-refractivity contribution in [1.82, 2.24) is 0 Å². The normalized spacial score (nSPS) is 50.7. The fourth-order valence-corrected chi connectivity index (χ4v) is 2.81. The van der Waals surface area contributed by atoms with Gasteiger partial charge in [-0.15, -0.1) is 0 Å². The summed E-state index contributed by atoms with van der Waals surface area (Å²) in [6.07, 6.45) is 2.89. The van der Waals surface area contributed by atoms with Gasteiger partial charge in [0, 0.05) is 13.2 Å². The van der Waals surface area contributed by atoms with Gasteiger partial charge in [0.15, 0.2) is 0 Å². The van der Waals surface area contributed by atoms with E-state index in [1.165, 1.54) is 12.8 Å². The van der Waals surface area contributed by atoms with Crippen LogP contribution < -0.4 is 0 Å². The molecule has 2 fully saturated rings. The summed E-state index contributed by atoms with van der Waals surface area (Å²) >= 11 is 0. The molecule has 0 aromatic carbocycles. The van der Waals surface area contributed by atoms with E-state index in [1.807, 2.05) is 0 Å². The van der Waals surface area contributed by atoms with E-state index in [0.29, 0.717) is 0 Å². The average molecular weight is 154 g/mol. The average Bonchev–Trinajstić information content (AvgIpc) is 2.35. The standard InChI is InChI=1S/C10H18O/c1-7-3-4-9-8(2)5-11-6-10(7)9/h7-10H,3-6H2,1-2H3/t7-,8-,9+,10-/m1/s1. The van der Waals surface area contributed by atoms with Crippen LogP contribution in [0.25, 0.3) is 0 Å². The molecule has 2 aliphatic rings. The van der Waals surface area contributed by atoms with Gasteiger partial charge < -0.3 is 4.74 Å². The van der Waals surface area contributed by atoms with Crippen molar-refractivity contribution in [2.75, 3.05) is 13.2 Å². The molecule has 0 spiro atoms. The van der Waals surface area contributed by atoms with Crippen LogP contribution in [0.4, 0.5) is 0 Å². The SMILES string of the molecule is C[C@@H]1COC[C@H]2[C@H]1CC[C@H]2C. The van der Waals surface area contributed by atoms with Crippen molar-refractivity contribution in [3.63, 3.8) is 0 Å². The maximum absolute atomic E-state index is 5.57. The summed E-state index contributed by atoms with van der Waals surface area (Å²) in [6, 6.07) is 0. The molecule has 64 valence electrons. The van der Waals surface area contributed by atoms with E-state index in [2.05, 4.69) is 13.8 Å². The predicted octanol–water partition coefficient (Wildman–Crippen LogP) is 2.32. The van der Waals surface area contributed by atoms with E-state index in [4.69, 9.17) is 4.74 Å². The van der Waals surface area contributed by atoms with Crippen LogP contribution in [-0.4, -0.2) is 13.2 Å². The molecule has 2 rings (SSSR count). The van der Waals surface area contributed by atoms with Crippen LogP contribution >= 0.6 is 0 Å². The number of hydrogen-bond acceptors (Lipinski definition) is 1. The third kappa shape index (κ3) is 1.20. The van der Waals surface area contributed by atoms with Crippen LogP contribution in [0.5, 0.6) is 0 Å².